The standard InChI is InChI=1S/Ce.2Co.5K.12HNO2/c;;;;;;;;12*2-1-3/h;;;;;;;;12*(H,2,3)/q+3;2*+2;5*+1;;;;;;;;;;;;/p-12. The molecule has 0 aromatic carbocycles. The summed E-state index contributed by atoms with van der Waals surface area (Å²) in [5.41, 5.74) is 0. The maximum absolute atomic E-state index is 8.00. The quantitative estimate of drug-likeness (QED) is 0.123. The predicted octanol–water partition coefficient (Wildman–Crippen LogP) is -12.0. The zero-order valence-electron chi connectivity index (χ0n) is 21.3. The van der Waals surface area contributed by atoms with Crippen molar-refractivity contribution < 1.29 is 332 Å². The third-order valence-corrected chi connectivity index (χ3v) is 0. The van der Waals surface area contributed by atoms with Crippen molar-refractivity contribution in [2.75, 3.05) is 0 Å². The number of rotatable bonds is 0. The summed E-state index contributed by atoms with van der Waals surface area (Å²) in [6.07, 6.45) is 0. The average Bonchev–Trinajstić information content (AvgIpc) is 2.75. The summed E-state index contributed by atoms with van der Waals surface area (Å²) in [6.45, 7) is 0. The van der Waals surface area contributed by atoms with Gasteiger partial charge in [-0.3, -0.25) is 0 Å². The van der Waals surface area contributed by atoms with Gasteiger partial charge in [0.2, 0.25) is 0 Å². The van der Waals surface area contributed by atoms with E-state index in [1.54, 1.807) is 0 Å². The molecule has 44 heavy (non-hydrogen) atoms. The average molecular weight is 1010 g/mol. The van der Waals surface area contributed by atoms with Crippen molar-refractivity contribution >= 4 is 0 Å². The minimum Gasteiger partial charge on any atom is -0.444 e. The summed E-state index contributed by atoms with van der Waals surface area (Å²) in [4.78, 5) is 96.0. The fourth-order valence-electron chi connectivity index (χ4n) is 0. The van der Waals surface area contributed by atoms with Gasteiger partial charge < -0.3 is 121 Å². The Hall–Kier alpha value is 3.37. The van der Waals surface area contributed by atoms with E-state index in [4.69, 9.17) is 121 Å². The molecule has 0 spiro atoms. The topological polar surface area (TPSA) is 630 Å². The second-order valence-electron chi connectivity index (χ2n) is 0.894. The molecule has 36 nitrogen and oxygen atoms in total. The molecule has 231 valence electrons. The molecule has 0 aromatic rings. The van der Waals surface area contributed by atoms with Crippen molar-refractivity contribution in [2.45, 2.75) is 0 Å². The van der Waals surface area contributed by atoms with E-state index in [1.807, 2.05) is 0 Å². The largest absolute Gasteiger partial charge is 3.00 e. The van der Waals surface area contributed by atoms with Crippen LogP contribution in [0.1, 0.15) is 0 Å². The Morgan fingerprint density at radius 1 is 0.205 bits per heavy atom. The van der Waals surface area contributed by atoms with E-state index in [1.165, 1.54) is 0 Å². The second kappa shape index (κ2) is 404. The van der Waals surface area contributed by atoms with E-state index >= 15 is 0 Å². The number of hydrogen-bond donors (Lipinski definition) is 0. The summed E-state index contributed by atoms with van der Waals surface area (Å²) >= 11 is 0. The molecule has 0 aliphatic heterocycles. The van der Waals surface area contributed by atoms with Gasteiger partial charge in [-0.2, -0.15) is 0 Å². The maximum atomic E-state index is 8.00. The van der Waals surface area contributed by atoms with Crippen molar-refractivity contribution in [3.63, 3.8) is 0 Å². The molecule has 0 heterocycles. The molecule has 0 aliphatic carbocycles. The zero-order chi connectivity index (χ0) is 32.5. The van der Waals surface area contributed by atoms with Crippen molar-refractivity contribution in [1.29, 1.82) is 0 Å². The Balaban J connectivity index is -0.00000000780. The van der Waals surface area contributed by atoms with E-state index in [0.29, 0.717) is 0 Å². The summed E-state index contributed by atoms with van der Waals surface area (Å²) in [7, 11) is 0. The Bertz CT molecular complexity index is 293. The van der Waals surface area contributed by atoms with Gasteiger partial charge in [0.25, 0.3) is 0 Å². The van der Waals surface area contributed by atoms with Crippen molar-refractivity contribution in [2.24, 2.45) is 64.1 Å². The summed E-state index contributed by atoms with van der Waals surface area (Å²) in [6, 6.07) is 0. The zero-order valence-corrected chi connectivity index (χ0v) is 42.2. The van der Waals surface area contributed by atoms with Crippen LogP contribution in [0.15, 0.2) is 64.1 Å². The summed E-state index contributed by atoms with van der Waals surface area (Å²) < 4.78 is 0. The Morgan fingerprint density at radius 2 is 0.205 bits per heavy atom. The summed E-state index contributed by atoms with van der Waals surface area (Å²) in [5, 5.41) is 108. The molecule has 44 heteroatoms. The maximum Gasteiger partial charge on any atom is 3.00 e. The molecule has 0 fully saturated rings. The Morgan fingerprint density at radius 3 is 0.205 bits per heavy atom. The first-order chi connectivity index (χ1) is 17.0. The molecular weight excluding hydrogens is 1010 g/mol. The first-order valence-electron chi connectivity index (χ1n) is 4.38. The third-order valence-electron chi connectivity index (χ3n) is 0. The van der Waals surface area contributed by atoms with E-state index in [9.17, 15) is 0 Å². The molecule has 0 aliphatic rings. The van der Waals surface area contributed by atoms with Gasteiger partial charge in [0.15, 0.2) is 0 Å². The van der Waals surface area contributed by atoms with E-state index < -0.39 is 0 Å². The molecule has 0 saturated carbocycles. The summed E-state index contributed by atoms with van der Waals surface area (Å²) in [5.74, 6) is 0. The molecule has 3 radical (unpaired) electrons. The molecule has 0 atom stereocenters. The third kappa shape index (κ3) is 7860. The van der Waals surface area contributed by atoms with E-state index in [-0.39, 0.29) is 332 Å². The van der Waals surface area contributed by atoms with Crippen LogP contribution in [0, 0.1) is 163 Å². The number of hydrogen-bond acceptors (Lipinski definition) is 36. The van der Waals surface area contributed by atoms with E-state index in [2.05, 4.69) is 0 Å². The van der Waals surface area contributed by atoms with Gasteiger partial charge in [-0.1, -0.05) is 0 Å². The van der Waals surface area contributed by atoms with E-state index in [0.717, 1.165) is 64.1 Å². The molecule has 0 bridgehead atoms. The van der Waals surface area contributed by atoms with Crippen LogP contribution < -0.4 is 257 Å². The van der Waals surface area contributed by atoms with Crippen LogP contribution in [-0.2, 0) is 33.6 Å². The fourth-order valence-corrected chi connectivity index (χ4v) is 0. The smallest absolute Gasteiger partial charge is 0.444 e. The Kier molecular flexibility index (Phi) is 1250. The van der Waals surface area contributed by atoms with Gasteiger partial charge in [-0.25, -0.2) is 0 Å². The molecule has 0 rings (SSSR count). The van der Waals surface area contributed by atoms with Crippen LogP contribution in [0.2, 0.25) is 0 Å². The molecule has 0 saturated heterocycles. The van der Waals surface area contributed by atoms with Gasteiger partial charge in [0, 0.05) is 0 Å². The van der Waals surface area contributed by atoms with Crippen LogP contribution in [0.25, 0.3) is 0 Å². The van der Waals surface area contributed by atoms with Gasteiger partial charge >= 0.3 is 332 Å². The van der Waals surface area contributed by atoms with Crippen LogP contribution >= 0.6 is 0 Å². The molecular formula is CeCo2K5N12O24. The van der Waals surface area contributed by atoms with Gasteiger partial charge in [-0.05, 0) is 0 Å². The van der Waals surface area contributed by atoms with Crippen LogP contribution in [0.4, 0.5) is 0 Å². The van der Waals surface area contributed by atoms with Crippen molar-refractivity contribution in [3.05, 3.63) is 121 Å². The van der Waals surface area contributed by atoms with Crippen molar-refractivity contribution in [3.8, 4) is 0 Å². The normalized spacial score (nSPS) is 3.27. The monoisotopic (exact) mass is 1000 g/mol. The second-order valence-corrected chi connectivity index (χ2v) is 0.894. The van der Waals surface area contributed by atoms with Gasteiger partial charge in [0.1, 0.15) is 0 Å². The first-order valence-corrected chi connectivity index (χ1v) is 4.38. The fraction of sp³-hybridized carbons (Fsp3) is 0. The van der Waals surface area contributed by atoms with Crippen molar-refractivity contribution in [1.82, 2.24) is 0 Å². The number of nitrogens with zero attached hydrogens (tertiary/aromatic N) is 12. The minimum absolute atomic E-state index is 0. The molecule has 0 N–H and O–H groups in total. The molecule has 0 aromatic heterocycles. The van der Waals surface area contributed by atoms with Crippen LogP contribution in [0.3, 0.4) is 0 Å². The van der Waals surface area contributed by atoms with Crippen LogP contribution in [-0.4, -0.2) is 0 Å². The predicted molar refractivity (Wildman–Crippen MR) is 110 cm³/mol. The SMILES string of the molecule is O=N[O-].O=N[O-].O=N[O-].O=N[O-].O=N[O-].O=N[O-].O=N[O-].O=N[O-].O=N[O-].O=N[O-].O=N[O-].O=N[O-].[Ce+3].[Co+2].[Co+2].[K+].[K+].[K+].[K+].[K+]. The van der Waals surface area contributed by atoms with Gasteiger partial charge in [0.05, 0.1) is 0 Å². The van der Waals surface area contributed by atoms with Gasteiger partial charge in [-0.15, -0.1) is 64.1 Å². The minimum atomic E-state index is 0. The molecule has 0 unspecified atom stereocenters. The molecule has 0 amide bonds. The first kappa shape index (κ1) is 136. The van der Waals surface area contributed by atoms with Crippen LogP contribution in [0.5, 0.6) is 0 Å². The Labute approximate surface area is 504 Å².